The highest BCUT2D eigenvalue weighted by Crippen LogP contribution is 2.40. The molecule has 1 aromatic rings. The summed E-state index contributed by atoms with van der Waals surface area (Å²) in [4.78, 5) is 0. The van der Waals surface area contributed by atoms with Crippen molar-refractivity contribution in [2.45, 2.75) is 12.2 Å². The van der Waals surface area contributed by atoms with Gasteiger partial charge in [0.2, 0.25) is 0 Å². The molecule has 1 aliphatic carbocycles. The van der Waals surface area contributed by atoms with E-state index in [1.165, 1.54) is 11.1 Å². The van der Waals surface area contributed by atoms with Crippen LogP contribution in [0.1, 0.15) is 23.3 Å². The third kappa shape index (κ3) is 0.958. The molecule has 0 heterocycles. The van der Waals surface area contributed by atoms with Crippen LogP contribution in [0.2, 0.25) is 0 Å². The van der Waals surface area contributed by atoms with Gasteiger partial charge in [-0.25, -0.2) is 0 Å². The first-order chi connectivity index (χ1) is 5.86. The molecule has 0 saturated heterocycles. The lowest BCUT2D eigenvalue weighted by Gasteiger charge is -2.17. The first-order valence-electron chi connectivity index (χ1n) is 4.02. The summed E-state index contributed by atoms with van der Waals surface area (Å²) in [7, 11) is 3.43. The molecule has 0 radical (unpaired) electrons. The highest BCUT2D eigenvalue weighted by molar-refractivity contribution is 5.35. The standard InChI is InChI=1S/C10H12O2/c1-11-9-7-4-3-5-8(6-7)10(9)12-2/h3-6,9-10H,1-2H3. The van der Waals surface area contributed by atoms with Gasteiger partial charge in [0.05, 0.1) is 0 Å². The van der Waals surface area contributed by atoms with Gasteiger partial charge in [-0.15, -0.1) is 0 Å². The summed E-state index contributed by atoms with van der Waals surface area (Å²) < 4.78 is 10.7. The molecular weight excluding hydrogens is 152 g/mol. The Morgan fingerprint density at radius 2 is 1.50 bits per heavy atom. The number of fused-ring (bicyclic) bond motifs is 2. The van der Waals surface area contributed by atoms with Crippen molar-refractivity contribution in [2.24, 2.45) is 0 Å². The van der Waals surface area contributed by atoms with Crippen LogP contribution in [-0.2, 0) is 9.47 Å². The van der Waals surface area contributed by atoms with E-state index >= 15 is 0 Å². The van der Waals surface area contributed by atoms with Crippen LogP contribution in [0.4, 0.5) is 0 Å². The van der Waals surface area contributed by atoms with E-state index in [1.807, 2.05) is 6.07 Å². The number of hydrogen-bond donors (Lipinski definition) is 0. The third-order valence-corrected chi connectivity index (χ3v) is 2.35. The molecule has 1 aromatic carbocycles. The maximum absolute atomic E-state index is 5.34. The zero-order chi connectivity index (χ0) is 8.55. The molecule has 0 fully saturated rings. The van der Waals surface area contributed by atoms with E-state index in [9.17, 15) is 0 Å². The Bertz CT molecular complexity index is 258. The summed E-state index contributed by atoms with van der Waals surface area (Å²) in [6.45, 7) is 0. The monoisotopic (exact) mass is 164 g/mol. The molecule has 1 aliphatic rings. The fraction of sp³-hybridized carbons (Fsp3) is 0.400. The number of ether oxygens (including phenoxy) is 2. The first-order valence-corrected chi connectivity index (χ1v) is 4.02. The lowest BCUT2D eigenvalue weighted by atomic mass is 10.2. The van der Waals surface area contributed by atoms with Crippen molar-refractivity contribution >= 4 is 0 Å². The van der Waals surface area contributed by atoms with Gasteiger partial charge in [0.15, 0.2) is 0 Å². The maximum Gasteiger partial charge on any atom is 0.112 e. The molecule has 0 N–H and O–H groups in total. The fourth-order valence-electron chi connectivity index (χ4n) is 1.78. The van der Waals surface area contributed by atoms with Crippen LogP contribution in [0.3, 0.4) is 0 Å². The molecule has 2 rings (SSSR count). The highest BCUT2D eigenvalue weighted by Gasteiger charge is 2.30. The van der Waals surface area contributed by atoms with Gasteiger partial charge >= 0.3 is 0 Å². The quantitative estimate of drug-likeness (QED) is 0.666. The highest BCUT2D eigenvalue weighted by atomic mass is 16.5. The first kappa shape index (κ1) is 7.77. The van der Waals surface area contributed by atoms with Crippen LogP contribution >= 0.6 is 0 Å². The summed E-state index contributed by atoms with van der Waals surface area (Å²) >= 11 is 0. The zero-order valence-electron chi connectivity index (χ0n) is 7.28. The lowest BCUT2D eigenvalue weighted by Crippen LogP contribution is -2.08. The van der Waals surface area contributed by atoms with E-state index < -0.39 is 0 Å². The minimum Gasteiger partial charge on any atom is -0.374 e. The number of hydrogen-bond acceptors (Lipinski definition) is 2. The van der Waals surface area contributed by atoms with Crippen molar-refractivity contribution in [1.82, 2.24) is 0 Å². The molecule has 2 atom stereocenters. The fourth-order valence-corrected chi connectivity index (χ4v) is 1.78. The molecule has 2 bridgehead atoms. The van der Waals surface area contributed by atoms with Crippen molar-refractivity contribution in [3.63, 3.8) is 0 Å². The molecule has 0 aliphatic heterocycles. The second-order valence-corrected chi connectivity index (χ2v) is 2.98. The van der Waals surface area contributed by atoms with Crippen molar-refractivity contribution in [2.75, 3.05) is 14.2 Å². The van der Waals surface area contributed by atoms with Gasteiger partial charge < -0.3 is 9.47 Å². The van der Waals surface area contributed by atoms with Gasteiger partial charge in [0.1, 0.15) is 12.2 Å². The normalized spacial score (nSPS) is 26.2. The second kappa shape index (κ2) is 2.88. The maximum atomic E-state index is 5.34. The summed E-state index contributed by atoms with van der Waals surface area (Å²) in [5.41, 5.74) is 2.42. The minimum atomic E-state index is 0.0833. The molecule has 2 heteroatoms. The van der Waals surface area contributed by atoms with E-state index in [2.05, 4.69) is 18.2 Å². The number of benzene rings is 1. The molecular formula is C10H12O2. The largest absolute Gasteiger partial charge is 0.374 e. The number of rotatable bonds is 2. The zero-order valence-corrected chi connectivity index (χ0v) is 7.28. The van der Waals surface area contributed by atoms with Gasteiger partial charge in [-0.2, -0.15) is 0 Å². The predicted octanol–water partition coefficient (Wildman–Crippen LogP) is 2.08. The van der Waals surface area contributed by atoms with Gasteiger partial charge in [0, 0.05) is 14.2 Å². The van der Waals surface area contributed by atoms with E-state index in [1.54, 1.807) is 14.2 Å². The molecule has 64 valence electrons. The Morgan fingerprint density at radius 1 is 1.00 bits per heavy atom. The van der Waals surface area contributed by atoms with E-state index in [4.69, 9.17) is 9.47 Å². The predicted molar refractivity (Wildman–Crippen MR) is 45.9 cm³/mol. The van der Waals surface area contributed by atoms with E-state index in [0.717, 1.165) is 0 Å². The third-order valence-electron chi connectivity index (χ3n) is 2.35. The second-order valence-electron chi connectivity index (χ2n) is 2.98. The van der Waals surface area contributed by atoms with Crippen LogP contribution in [-0.4, -0.2) is 14.2 Å². The van der Waals surface area contributed by atoms with Crippen molar-refractivity contribution in [3.8, 4) is 0 Å². The Hall–Kier alpha value is -0.860. The Kier molecular flexibility index (Phi) is 1.87. The van der Waals surface area contributed by atoms with E-state index in [-0.39, 0.29) is 12.2 Å². The van der Waals surface area contributed by atoms with Crippen LogP contribution in [0, 0.1) is 0 Å². The Morgan fingerprint density at radius 3 is 1.92 bits per heavy atom. The van der Waals surface area contributed by atoms with Gasteiger partial charge in [-0.1, -0.05) is 24.3 Å². The van der Waals surface area contributed by atoms with E-state index in [0.29, 0.717) is 0 Å². The molecule has 12 heavy (non-hydrogen) atoms. The van der Waals surface area contributed by atoms with Gasteiger partial charge in [-0.3, -0.25) is 0 Å². The molecule has 0 aromatic heterocycles. The molecule has 0 amide bonds. The SMILES string of the molecule is COC1c2cccc(c2)C1OC. The van der Waals surface area contributed by atoms with Crippen LogP contribution < -0.4 is 0 Å². The summed E-state index contributed by atoms with van der Waals surface area (Å²) in [5.74, 6) is 0. The average Bonchev–Trinajstić information content (AvgIpc) is 2.36. The lowest BCUT2D eigenvalue weighted by molar-refractivity contribution is -0.0326. The van der Waals surface area contributed by atoms with Gasteiger partial charge in [0.25, 0.3) is 0 Å². The molecule has 0 saturated carbocycles. The van der Waals surface area contributed by atoms with Crippen molar-refractivity contribution in [3.05, 3.63) is 35.4 Å². The Labute approximate surface area is 72.1 Å². The molecule has 0 spiro atoms. The van der Waals surface area contributed by atoms with Crippen LogP contribution in [0.5, 0.6) is 0 Å². The molecule has 2 unspecified atom stereocenters. The van der Waals surface area contributed by atoms with Crippen LogP contribution in [0.15, 0.2) is 24.3 Å². The summed E-state index contributed by atoms with van der Waals surface area (Å²) in [5, 5.41) is 0. The van der Waals surface area contributed by atoms with Gasteiger partial charge in [-0.05, 0) is 11.1 Å². The number of methoxy groups -OCH3 is 2. The molecule has 2 nitrogen and oxygen atoms in total. The minimum absolute atomic E-state index is 0.0833. The Balaban J connectivity index is 2.38. The average molecular weight is 164 g/mol. The summed E-state index contributed by atoms with van der Waals surface area (Å²) in [6, 6.07) is 8.30. The van der Waals surface area contributed by atoms with Crippen molar-refractivity contribution < 1.29 is 9.47 Å². The van der Waals surface area contributed by atoms with Crippen LogP contribution in [0.25, 0.3) is 0 Å². The topological polar surface area (TPSA) is 18.5 Å². The summed E-state index contributed by atoms with van der Waals surface area (Å²) in [6.07, 6.45) is 0.167. The van der Waals surface area contributed by atoms with Crippen molar-refractivity contribution in [1.29, 1.82) is 0 Å². The smallest absolute Gasteiger partial charge is 0.112 e.